The molecular weight excluding hydrogens is 413 g/mol. The number of benzene rings is 1. The Morgan fingerprint density at radius 1 is 1.28 bits per heavy atom. The second-order valence-corrected chi connectivity index (χ2v) is 9.72. The van der Waals surface area contributed by atoms with Crippen LogP contribution in [0.4, 0.5) is 10.5 Å². The number of anilines is 1. The van der Waals surface area contributed by atoms with Crippen molar-refractivity contribution in [2.24, 2.45) is 0 Å². The third-order valence-corrected chi connectivity index (χ3v) is 7.79. The Balaban J connectivity index is 1.54. The average Bonchev–Trinajstić information content (AvgIpc) is 2.70. The standard InChI is InChI=1S/C19H21BClN3O4S/c1-12-3-2-4-13-11-28-19(25)24(17(12)13)14-5-7-23(8-6-14)29(26,27)15-9-16(20)18(21)22-10-15/h2-4,9-10,14H,5-8,11,20H2,1H3. The minimum Gasteiger partial charge on any atom is -0.444 e. The molecule has 2 aliphatic heterocycles. The number of sulfonamides is 1. The van der Waals surface area contributed by atoms with E-state index in [4.69, 9.17) is 16.3 Å². The molecule has 0 bridgehead atoms. The Bertz CT molecular complexity index is 1070. The maximum absolute atomic E-state index is 13.0. The molecule has 1 fully saturated rings. The second-order valence-electron chi connectivity index (χ2n) is 7.42. The highest BCUT2D eigenvalue weighted by molar-refractivity contribution is 7.89. The van der Waals surface area contributed by atoms with Gasteiger partial charge in [-0.2, -0.15) is 4.31 Å². The van der Waals surface area contributed by atoms with Gasteiger partial charge in [0.25, 0.3) is 0 Å². The van der Waals surface area contributed by atoms with Crippen LogP contribution in [0.2, 0.25) is 5.15 Å². The Hall–Kier alpha value is -2.10. The van der Waals surface area contributed by atoms with E-state index in [1.54, 1.807) is 18.8 Å². The molecule has 0 N–H and O–H groups in total. The molecule has 0 aliphatic carbocycles. The van der Waals surface area contributed by atoms with Crippen LogP contribution in [0.1, 0.15) is 24.0 Å². The first-order valence-electron chi connectivity index (χ1n) is 9.46. The van der Waals surface area contributed by atoms with E-state index in [0.29, 0.717) is 36.5 Å². The van der Waals surface area contributed by atoms with E-state index in [2.05, 4.69) is 4.98 Å². The molecule has 10 heteroatoms. The molecular formula is C19H21BClN3O4S. The van der Waals surface area contributed by atoms with E-state index < -0.39 is 10.0 Å². The Labute approximate surface area is 176 Å². The zero-order chi connectivity index (χ0) is 20.8. The van der Waals surface area contributed by atoms with Gasteiger partial charge in [-0.3, -0.25) is 4.90 Å². The van der Waals surface area contributed by atoms with Gasteiger partial charge in [-0.15, -0.1) is 0 Å². The quantitative estimate of drug-likeness (QED) is 0.543. The Kier molecular flexibility index (Phi) is 5.31. The third kappa shape index (κ3) is 3.62. The van der Waals surface area contributed by atoms with E-state index in [1.165, 1.54) is 10.5 Å². The minimum absolute atomic E-state index is 0.112. The number of pyridine rings is 1. The number of hydrogen-bond donors (Lipinski definition) is 0. The van der Waals surface area contributed by atoms with Crippen molar-refractivity contribution in [2.45, 2.75) is 37.3 Å². The molecule has 2 aliphatic rings. The molecule has 7 nitrogen and oxygen atoms in total. The van der Waals surface area contributed by atoms with Gasteiger partial charge < -0.3 is 4.74 Å². The monoisotopic (exact) mass is 433 g/mol. The summed E-state index contributed by atoms with van der Waals surface area (Å²) in [4.78, 5) is 18.3. The normalized spacial score (nSPS) is 18.4. The number of fused-ring (bicyclic) bond motifs is 1. The van der Waals surface area contributed by atoms with Crippen molar-refractivity contribution in [1.82, 2.24) is 9.29 Å². The highest BCUT2D eigenvalue weighted by Gasteiger charge is 2.37. The van der Waals surface area contributed by atoms with Gasteiger partial charge in [0.1, 0.15) is 24.5 Å². The second kappa shape index (κ2) is 7.62. The minimum atomic E-state index is -3.66. The lowest BCUT2D eigenvalue weighted by molar-refractivity contribution is 0.135. The maximum Gasteiger partial charge on any atom is 0.414 e. The third-order valence-electron chi connectivity index (χ3n) is 5.53. The summed E-state index contributed by atoms with van der Waals surface area (Å²) in [5, 5.41) is 0.292. The number of cyclic esters (lactones) is 1. The van der Waals surface area contributed by atoms with Crippen molar-refractivity contribution in [3.63, 3.8) is 0 Å². The molecule has 1 aromatic carbocycles. The van der Waals surface area contributed by atoms with E-state index >= 15 is 0 Å². The van der Waals surface area contributed by atoms with Crippen LogP contribution in [-0.4, -0.2) is 50.8 Å². The van der Waals surface area contributed by atoms with E-state index in [0.717, 1.165) is 16.8 Å². The van der Waals surface area contributed by atoms with Crippen LogP contribution in [0.25, 0.3) is 0 Å². The van der Waals surface area contributed by atoms with Gasteiger partial charge in [-0.05, 0) is 31.4 Å². The summed E-state index contributed by atoms with van der Waals surface area (Å²) in [6.07, 6.45) is 1.98. The number of halogens is 1. The largest absolute Gasteiger partial charge is 0.444 e. The van der Waals surface area contributed by atoms with Crippen molar-refractivity contribution in [2.75, 3.05) is 18.0 Å². The molecule has 0 saturated carbocycles. The van der Waals surface area contributed by atoms with Crippen LogP contribution in [0, 0.1) is 6.92 Å². The van der Waals surface area contributed by atoms with Crippen molar-refractivity contribution in [3.8, 4) is 0 Å². The zero-order valence-electron chi connectivity index (χ0n) is 16.3. The summed E-state index contributed by atoms with van der Waals surface area (Å²) in [6, 6.07) is 7.30. The van der Waals surface area contributed by atoms with Crippen molar-refractivity contribution < 1.29 is 17.9 Å². The van der Waals surface area contributed by atoms with E-state index in [9.17, 15) is 13.2 Å². The van der Waals surface area contributed by atoms with Crippen molar-refractivity contribution >= 4 is 46.7 Å². The number of aromatic nitrogens is 1. The molecule has 152 valence electrons. The number of carbonyl (C=O) groups is 1. The first kappa shape index (κ1) is 20.2. The zero-order valence-corrected chi connectivity index (χ0v) is 17.8. The number of piperidine rings is 1. The van der Waals surface area contributed by atoms with Crippen LogP contribution in [-0.2, 0) is 21.4 Å². The summed E-state index contributed by atoms with van der Waals surface area (Å²) >= 11 is 5.92. The van der Waals surface area contributed by atoms with Crippen LogP contribution < -0.4 is 10.4 Å². The summed E-state index contributed by atoms with van der Waals surface area (Å²) in [7, 11) is -1.94. The summed E-state index contributed by atoms with van der Waals surface area (Å²) in [6.45, 7) is 2.88. The van der Waals surface area contributed by atoms with Crippen LogP contribution >= 0.6 is 11.6 Å². The molecule has 1 amide bonds. The number of nitrogens with zero attached hydrogens (tertiary/aromatic N) is 3. The van der Waals surface area contributed by atoms with Gasteiger partial charge >= 0.3 is 6.09 Å². The van der Waals surface area contributed by atoms with Gasteiger partial charge in [0.2, 0.25) is 10.0 Å². The van der Waals surface area contributed by atoms with Gasteiger partial charge in [-0.25, -0.2) is 18.2 Å². The first-order valence-corrected chi connectivity index (χ1v) is 11.3. The molecule has 4 rings (SSSR count). The number of amides is 1. The molecule has 2 aromatic rings. The van der Waals surface area contributed by atoms with E-state index in [-0.39, 0.29) is 23.6 Å². The average molecular weight is 434 g/mol. The number of hydrogen-bond acceptors (Lipinski definition) is 5. The molecule has 1 saturated heterocycles. The fourth-order valence-electron chi connectivity index (χ4n) is 3.98. The van der Waals surface area contributed by atoms with Gasteiger partial charge in [-0.1, -0.05) is 35.3 Å². The van der Waals surface area contributed by atoms with Crippen LogP contribution in [0.15, 0.2) is 35.4 Å². The molecule has 1 aromatic heterocycles. The predicted octanol–water partition coefficient (Wildman–Crippen LogP) is 1.61. The lowest BCUT2D eigenvalue weighted by Gasteiger charge is -2.40. The van der Waals surface area contributed by atoms with E-state index in [1.807, 2.05) is 25.1 Å². The number of carbonyl (C=O) groups excluding carboxylic acids is 1. The summed E-state index contributed by atoms with van der Waals surface area (Å²) in [5.41, 5.74) is 3.49. The fourth-order valence-corrected chi connectivity index (χ4v) is 5.58. The Morgan fingerprint density at radius 3 is 2.69 bits per heavy atom. The molecule has 29 heavy (non-hydrogen) atoms. The highest BCUT2D eigenvalue weighted by Crippen LogP contribution is 2.35. The van der Waals surface area contributed by atoms with Crippen LogP contribution in [0.3, 0.4) is 0 Å². The van der Waals surface area contributed by atoms with Gasteiger partial charge in [0.15, 0.2) is 0 Å². The van der Waals surface area contributed by atoms with Crippen molar-refractivity contribution in [1.29, 1.82) is 0 Å². The molecule has 0 unspecified atom stereocenters. The predicted molar refractivity (Wildman–Crippen MR) is 113 cm³/mol. The molecule has 3 heterocycles. The molecule has 0 radical (unpaired) electrons. The molecule has 0 atom stereocenters. The highest BCUT2D eigenvalue weighted by atomic mass is 35.5. The fraction of sp³-hybridized carbons (Fsp3) is 0.368. The topological polar surface area (TPSA) is 79.8 Å². The maximum atomic E-state index is 13.0. The van der Waals surface area contributed by atoms with Gasteiger partial charge in [0, 0.05) is 30.9 Å². The number of para-hydroxylation sites is 1. The summed E-state index contributed by atoms with van der Waals surface area (Å²) in [5.74, 6) is 0. The van der Waals surface area contributed by atoms with Gasteiger partial charge in [0.05, 0.1) is 5.69 Å². The number of aryl methyl sites for hydroxylation is 1. The number of rotatable bonds is 3. The lowest BCUT2D eigenvalue weighted by atomic mass is 9.99. The summed E-state index contributed by atoms with van der Waals surface area (Å²) < 4.78 is 32.8. The number of ether oxygens (including phenoxy) is 1. The van der Waals surface area contributed by atoms with Crippen molar-refractivity contribution in [3.05, 3.63) is 46.7 Å². The lowest BCUT2D eigenvalue weighted by Crippen LogP contribution is -2.50. The Morgan fingerprint density at radius 2 is 2.00 bits per heavy atom. The van der Waals surface area contributed by atoms with Crippen LogP contribution in [0.5, 0.6) is 0 Å². The molecule has 0 spiro atoms. The first-order chi connectivity index (χ1) is 13.8. The SMILES string of the molecule is Bc1cc(S(=O)(=O)N2CCC(N3C(=O)OCc4cccc(C)c43)CC2)cnc1Cl. The smallest absolute Gasteiger partial charge is 0.414 e.